The summed E-state index contributed by atoms with van der Waals surface area (Å²) in [5.41, 5.74) is 1.21. The molecule has 2 rings (SSSR count). The van der Waals surface area contributed by atoms with Crippen LogP contribution in [-0.4, -0.2) is 19.0 Å². The van der Waals surface area contributed by atoms with Gasteiger partial charge in [0.05, 0.1) is 12.8 Å². The normalized spacial score (nSPS) is 10.9. The third kappa shape index (κ3) is 6.98. The third-order valence-corrected chi connectivity index (χ3v) is 3.05. The van der Waals surface area contributed by atoms with E-state index in [1.54, 1.807) is 6.26 Å². The second-order valence-corrected chi connectivity index (χ2v) is 4.83. The van der Waals surface area contributed by atoms with Crippen molar-refractivity contribution in [1.29, 1.82) is 0 Å². The Hall–Kier alpha value is -1.50. The Kier molecular flexibility index (Phi) is 9.37. The van der Waals surface area contributed by atoms with E-state index in [4.69, 9.17) is 4.42 Å². The first kappa shape index (κ1) is 18.5. The number of aliphatic imine (C=N–C) groups is 1. The molecule has 0 saturated carbocycles. The van der Waals surface area contributed by atoms with Gasteiger partial charge < -0.3 is 15.1 Å². The van der Waals surface area contributed by atoms with Crippen LogP contribution in [0.4, 0.5) is 0 Å². The number of hydrogen-bond donors (Lipinski definition) is 2. The molecule has 1 aromatic carbocycles. The molecule has 1 aromatic heterocycles. The summed E-state index contributed by atoms with van der Waals surface area (Å²) in [6.07, 6.45) is 3.63. The second kappa shape index (κ2) is 11.1. The highest BCUT2D eigenvalue weighted by molar-refractivity contribution is 14.0. The van der Waals surface area contributed by atoms with Crippen molar-refractivity contribution in [1.82, 2.24) is 10.6 Å². The Labute approximate surface area is 149 Å². The zero-order valence-electron chi connectivity index (χ0n) is 12.9. The number of nitrogens with zero attached hydrogens (tertiary/aromatic N) is 1. The number of furan rings is 1. The average Bonchev–Trinajstić information content (AvgIpc) is 3.04. The molecule has 0 amide bonds. The standard InChI is InChI=1S/C17H23N3O.HI/c1-2-11-18-17(19-12-10-16-9-6-13-21-16)20-14-15-7-4-3-5-8-15;/h3-9,13H,2,10-12,14H2,1H3,(H2,18,19,20);1H. The minimum Gasteiger partial charge on any atom is -0.469 e. The topological polar surface area (TPSA) is 49.6 Å². The average molecular weight is 413 g/mol. The number of hydrogen-bond acceptors (Lipinski definition) is 2. The van der Waals surface area contributed by atoms with Crippen LogP contribution in [0.5, 0.6) is 0 Å². The molecule has 0 atom stereocenters. The van der Waals surface area contributed by atoms with Crippen molar-refractivity contribution in [2.45, 2.75) is 26.3 Å². The van der Waals surface area contributed by atoms with Gasteiger partial charge in [-0.15, -0.1) is 24.0 Å². The summed E-state index contributed by atoms with van der Waals surface area (Å²) in [7, 11) is 0. The lowest BCUT2D eigenvalue weighted by atomic mass is 10.2. The van der Waals surface area contributed by atoms with E-state index in [1.165, 1.54) is 5.56 Å². The third-order valence-electron chi connectivity index (χ3n) is 3.05. The van der Waals surface area contributed by atoms with E-state index in [9.17, 15) is 0 Å². The Morgan fingerprint density at radius 1 is 1.05 bits per heavy atom. The summed E-state index contributed by atoms with van der Waals surface area (Å²) >= 11 is 0. The summed E-state index contributed by atoms with van der Waals surface area (Å²) in [5, 5.41) is 6.67. The van der Waals surface area contributed by atoms with E-state index in [2.05, 4.69) is 34.7 Å². The van der Waals surface area contributed by atoms with Gasteiger partial charge in [0, 0.05) is 19.5 Å². The predicted molar refractivity (Wildman–Crippen MR) is 102 cm³/mol. The van der Waals surface area contributed by atoms with E-state index < -0.39 is 0 Å². The van der Waals surface area contributed by atoms with Crippen LogP contribution in [0.1, 0.15) is 24.7 Å². The zero-order valence-corrected chi connectivity index (χ0v) is 15.2. The van der Waals surface area contributed by atoms with Crippen LogP contribution in [0.15, 0.2) is 58.1 Å². The van der Waals surface area contributed by atoms with Crippen LogP contribution in [-0.2, 0) is 13.0 Å². The van der Waals surface area contributed by atoms with Crippen LogP contribution in [0.2, 0.25) is 0 Å². The van der Waals surface area contributed by atoms with Gasteiger partial charge in [-0.2, -0.15) is 0 Å². The molecule has 2 N–H and O–H groups in total. The molecule has 0 spiro atoms. The maximum atomic E-state index is 5.33. The fraction of sp³-hybridized carbons (Fsp3) is 0.353. The Morgan fingerprint density at radius 2 is 1.82 bits per heavy atom. The van der Waals surface area contributed by atoms with E-state index in [1.807, 2.05) is 30.3 Å². The van der Waals surface area contributed by atoms with E-state index in [-0.39, 0.29) is 24.0 Å². The van der Waals surface area contributed by atoms with Crippen LogP contribution in [0, 0.1) is 0 Å². The molecule has 0 aliphatic rings. The predicted octanol–water partition coefficient (Wildman–Crippen LogP) is 3.59. The molecule has 1 heterocycles. The number of halogens is 1. The van der Waals surface area contributed by atoms with Crippen molar-refractivity contribution in [2.24, 2.45) is 4.99 Å². The number of rotatable bonds is 7. The Bertz CT molecular complexity index is 526. The minimum atomic E-state index is 0. The fourth-order valence-electron chi connectivity index (χ4n) is 1.93. The maximum Gasteiger partial charge on any atom is 0.191 e. The summed E-state index contributed by atoms with van der Waals surface area (Å²) in [6, 6.07) is 14.2. The van der Waals surface area contributed by atoms with Crippen LogP contribution < -0.4 is 10.6 Å². The molecule has 22 heavy (non-hydrogen) atoms. The lowest BCUT2D eigenvalue weighted by Crippen LogP contribution is -2.38. The molecule has 2 aromatic rings. The van der Waals surface area contributed by atoms with Gasteiger partial charge in [-0.05, 0) is 24.1 Å². The lowest BCUT2D eigenvalue weighted by Gasteiger charge is -2.11. The largest absolute Gasteiger partial charge is 0.469 e. The van der Waals surface area contributed by atoms with Crippen molar-refractivity contribution in [2.75, 3.05) is 13.1 Å². The van der Waals surface area contributed by atoms with Crippen molar-refractivity contribution in [3.63, 3.8) is 0 Å². The van der Waals surface area contributed by atoms with Crippen molar-refractivity contribution in [3.8, 4) is 0 Å². The van der Waals surface area contributed by atoms with Gasteiger partial charge in [-0.1, -0.05) is 37.3 Å². The summed E-state index contributed by atoms with van der Waals surface area (Å²) in [4.78, 5) is 4.61. The maximum absolute atomic E-state index is 5.33. The molecule has 0 saturated heterocycles. The van der Waals surface area contributed by atoms with Gasteiger partial charge in [-0.3, -0.25) is 0 Å². The number of guanidine groups is 1. The first-order valence-electron chi connectivity index (χ1n) is 7.47. The quantitative estimate of drug-likeness (QED) is 0.415. The van der Waals surface area contributed by atoms with Crippen molar-refractivity contribution < 1.29 is 4.42 Å². The SMILES string of the molecule is CCCNC(=NCc1ccccc1)NCCc1ccco1.I. The number of nitrogens with one attached hydrogen (secondary N) is 2. The highest BCUT2D eigenvalue weighted by atomic mass is 127. The van der Waals surface area contributed by atoms with Crippen molar-refractivity contribution >= 4 is 29.9 Å². The highest BCUT2D eigenvalue weighted by Crippen LogP contribution is 2.01. The van der Waals surface area contributed by atoms with Gasteiger partial charge in [0.25, 0.3) is 0 Å². The molecule has 0 aliphatic heterocycles. The molecular formula is C17H24IN3O. The first-order chi connectivity index (χ1) is 10.4. The molecule has 120 valence electrons. The van der Waals surface area contributed by atoms with Crippen LogP contribution in [0.25, 0.3) is 0 Å². The smallest absolute Gasteiger partial charge is 0.191 e. The van der Waals surface area contributed by atoms with Crippen LogP contribution in [0.3, 0.4) is 0 Å². The van der Waals surface area contributed by atoms with E-state index >= 15 is 0 Å². The molecular weight excluding hydrogens is 389 g/mol. The van der Waals surface area contributed by atoms with E-state index in [0.717, 1.165) is 37.7 Å². The van der Waals surface area contributed by atoms with Gasteiger partial charge >= 0.3 is 0 Å². The second-order valence-electron chi connectivity index (χ2n) is 4.83. The first-order valence-corrected chi connectivity index (χ1v) is 7.47. The molecule has 0 bridgehead atoms. The minimum absolute atomic E-state index is 0. The Balaban J connectivity index is 0.00000242. The molecule has 0 aliphatic carbocycles. The fourth-order valence-corrected chi connectivity index (χ4v) is 1.93. The van der Waals surface area contributed by atoms with Gasteiger partial charge in [0.1, 0.15) is 5.76 Å². The van der Waals surface area contributed by atoms with Crippen LogP contribution >= 0.6 is 24.0 Å². The summed E-state index contributed by atoms with van der Waals surface area (Å²) in [6.45, 7) is 4.55. The Morgan fingerprint density at radius 3 is 2.50 bits per heavy atom. The van der Waals surface area contributed by atoms with Crippen molar-refractivity contribution in [3.05, 3.63) is 60.1 Å². The monoisotopic (exact) mass is 413 g/mol. The van der Waals surface area contributed by atoms with Gasteiger partial charge in [0.2, 0.25) is 0 Å². The lowest BCUT2D eigenvalue weighted by molar-refractivity contribution is 0.506. The highest BCUT2D eigenvalue weighted by Gasteiger charge is 2.00. The molecule has 4 nitrogen and oxygen atoms in total. The molecule has 5 heteroatoms. The van der Waals surface area contributed by atoms with E-state index in [0.29, 0.717) is 6.54 Å². The molecule has 0 fully saturated rings. The zero-order chi connectivity index (χ0) is 14.8. The van der Waals surface area contributed by atoms with Gasteiger partial charge in [0.15, 0.2) is 5.96 Å². The summed E-state index contributed by atoms with van der Waals surface area (Å²) < 4.78 is 5.33. The van der Waals surface area contributed by atoms with Gasteiger partial charge in [-0.25, -0.2) is 4.99 Å². The molecule has 0 unspecified atom stereocenters. The number of benzene rings is 1. The molecule has 0 radical (unpaired) electrons. The summed E-state index contributed by atoms with van der Waals surface area (Å²) in [5.74, 6) is 1.84.